The van der Waals surface area contributed by atoms with E-state index in [1.807, 2.05) is 38.1 Å². The lowest BCUT2D eigenvalue weighted by Crippen LogP contribution is -2.35. The molecule has 2 heteroatoms. The first-order valence-electron chi connectivity index (χ1n) is 5.56. The molecule has 1 rings (SSSR count). The lowest BCUT2D eigenvalue weighted by Gasteiger charge is -2.24. The van der Waals surface area contributed by atoms with Crippen LogP contribution in [0.1, 0.15) is 31.4 Å². The molecule has 84 valence electrons. The van der Waals surface area contributed by atoms with Crippen molar-refractivity contribution >= 4 is 0 Å². The smallest absolute Gasteiger partial charge is 0.0992 e. The van der Waals surface area contributed by atoms with Gasteiger partial charge in [0.15, 0.2) is 0 Å². The minimum atomic E-state index is -0.777. The molecule has 2 nitrogen and oxygen atoms in total. The number of aryl methyl sites for hydroxylation is 1. The highest BCUT2D eigenvalue weighted by atomic mass is 16.3. The Labute approximate surface area is 92.3 Å². The normalized spacial score (nSPS) is 14.9. The summed E-state index contributed by atoms with van der Waals surface area (Å²) in [6, 6.07) is 8.03. The molecule has 0 aliphatic carbocycles. The molecule has 15 heavy (non-hydrogen) atoms. The van der Waals surface area contributed by atoms with Crippen LogP contribution >= 0.6 is 0 Å². The molecule has 2 N–H and O–H groups in total. The van der Waals surface area contributed by atoms with Crippen molar-refractivity contribution in [1.82, 2.24) is 5.32 Å². The summed E-state index contributed by atoms with van der Waals surface area (Å²) in [5, 5.41) is 13.5. The zero-order valence-corrected chi connectivity index (χ0v) is 9.88. The molecular formula is C13H21NO. The fourth-order valence-corrected chi connectivity index (χ4v) is 1.59. The van der Waals surface area contributed by atoms with Crippen molar-refractivity contribution in [3.63, 3.8) is 0 Å². The standard InChI is InChI=1S/C13H21NO/c1-4-8-14-10-13(3,15)12-7-5-6-11(2)9-12/h5-7,9,14-15H,4,8,10H2,1-3H3. The van der Waals surface area contributed by atoms with Gasteiger partial charge in [-0.2, -0.15) is 0 Å². The Hall–Kier alpha value is -0.860. The van der Waals surface area contributed by atoms with E-state index in [-0.39, 0.29) is 0 Å². The predicted molar refractivity (Wildman–Crippen MR) is 63.9 cm³/mol. The number of rotatable bonds is 5. The van der Waals surface area contributed by atoms with E-state index in [1.54, 1.807) is 0 Å². The molecule has 1 unspecified atom stereocenters. The summed E-state index contributed by atoms with van der Waals surface area (Å²) in [7, 11) is 0. The van der Waals surface area contributed by atoms with E-state index in [0.717, 1.165) is 18.5 Å². The molecule has 0 aromatic heterocycles. The number of aliphatic hydroxyl groups is 1. The topological polar surface area (TPSA) is 32.3 Å². The van der Waals surface area contributed by atoms with Crippen LogP contribution in [0.5, 0.6) is 0 Å². The largest absolute Gasteiger partial charge is 0.384 e. The highest BCUT2D eigenvalue weighted by Crippen LogP contribution is 2.20. The van der Waals surface area contributed by atoms with E-state index in [9.17, 15) is 5.11 Å². The molecule has 0 heterocycles. The molecule has 0 spiro atoms. The minimum Gasteiger partial charge on any atom is -0.384 e. The lowest BCUT2D eigenvalue weighted by atomic mass is 9.94. The lowest BCUT2D eigenvalue weighted by molar-refractivity contribution is 0.0572. The van der Waals surface area contributed by atoms with Gasteiger partial charge in [-0.05, 0) is 32.4 Å². The summed E-state index contributed by atoms with van der Waals surface area (Å²) >= 11 is 0. The van der Waals surface area contributed by atoms with Crippen LogP contribution in [0.3, 0.4) is 0 Å². The molecule has 1 aromatic rings. The Kier molecular flexibility index (Phi) is 4.30. The van der Waals surface area contributed by atoms with Gasteiger partial charge in [-0.15, -0.1) is 0 Å². The molecule has 0 radical (unpaired) electrons. The summed E-state index contributed by atoms with van der Waals surface area (Å²) < 4.78 is 0. The average molecular weight is 207 g/mol. The number of hydrogen-bond acceptors (Lipinski definition) is 2. The summed E-state index contributed by atoms with van der Waals surface area (Å²) in [5.41, 5.74) is 1.38. The van der Waals surface area contributed by atoms with Crippen molar-refractivity contribution in [3.8, 4) is 0 Å². The Morgan fingerprint density at radius 2 is 2.13 bits per heavy atom. The highest BCUT2D eigenvalue weighted by Gasteiger charge is 2.21. The summed E-state index contributed by atoms with van der Waals surface area (Å²) in [4.78, 5) is 0. The second-order valence-electron chi connectivity index (χ2n) is 4.32. The molecule has 0 amide bonds. The van der Waals surface area contributed by atoms with Gasteiger partial charge in [-0.1, -0.05) is 36.8 Å². The van der Waals surface area contributed by atoms with Gasteiger partial charge in [0.1, 0.15) is 0 Å². The molecule has 0 bridgehead atoms. The molecule has 0 aliphatic rings. The van der Waals surface area contributed by atoms with Crippen LogP contribution in [0.4, 0.5) is 0 Å². The van der Waals surface area contributed by atoms with Crippen molar-refractivity contribution in [2.24, 2.45) is 0 Å². The summed E-state index contributed by atoms with van der Waals surface area (Å²) in [5.74, 6) is 0. The van der Waals surface area contributed by atoms with Crippen molar-refractivity contribution in [1.29, 1.82) is 0 Å². The first kappa shape index (κ1) is 12.2. The molecule has 0 aliphatic heterocycles. The van der Waals surface area contributed by atoms with E-state index >= 15 is 0 Å². The molecule has 0 saturated carbocycles. The van der Waals surface area contributed by atoms with Gasteiger partial charge >= 0.3 is 0 Å². The van der Waals surface area contributed by atoms with Crippen LogP contribution in [0, 0.1) is 6.92 Å². The maximum atomic E-state index is 10.3. The van der Waals surface area contributed by atoms with Gasteiger partial charge in [0, 0.05) is 6.54 Å². The van der Waals surface area contributed by atoms with E-state index in [2.05, 4.69) is 12.2 Å². The number of hydrogen-bond donors (Lipinski definition) is 2. The second kappa shape index (κ2) is 5.29. The fourth-order valence-electron chi connectivity index (χ4n) is 1.59. The third kappa shape index (κ3) is 3.65. The van der Waals surface area contributed by atoms with Crippen molar-refractivity contribution in [3.05, 3.63) is 35.4 Å². The van der Waals surface area contributed by atoms with Crippen LogP contribution < -0.4 is 5.32 Å². The molecule has 0 fully saturated rings. The maximum Gasteiger partial charge on any atom is 0.0992 e. The molecule has 0 saturated heterocycles. The van der Waals surface area contributed by atoms with E-state index in [4.69, 9.17) is 0 Å². The van der Waals surface area contributed by atoms with Crippen LogP contribution in [-0.2, 0) is 5.60 Å². The Balaban J connectivity index is 2.67. The van der Waals surface area contributed by atoms with Gasteiger partial charge in [-0.3, -0.25) is 0 Å². The summed E-state index contributed by atoms with van der Waals surface area (Å²) in [6.07, 6.45) is 1.09. The zero-order valence-electron chi connectivity index (χ0n) is 9.88. The Morgan fingerprint density at radius 1 is 1.40 bits per heavy atom. The fraction of sp³-hybridized carbons (Fsp3) is 0.538. The minimum absolute atomic E-state index is 0.601. The van der Waals surface area contributed by atoms with Gasteiger partial charge < -0.3 is 10.4 Å². The van der Waals surface area contributed by atoms with Gasteiger partial charge in [0.2, 0.25) is 0 Å². The summed E-state index contributed by atoms with van der Waals surface area (Å²) in [6.45, 7) is 7.56. The van der Waals surface area contributed by atoms with Gasteiger partial charge in [-0.25, -0.2) is 0 Å². The zero-order chi connectivity index (χ0) is 11.3. The van der Waals surface area contributed by atoms with Gasteiger partial charge in [0.05, 0.1) is 5.60 Å². The molecule has 1 atom stereocenters. The molecular weight excluding hydrogens is 186 g/mol. The van der Waals surface area contributed by atoms with Gasteiger partial charge in [0.25, 0.3) is 0 Å². The highest BCUT2D eigenvalue weighted by molar-refractivity contribution is 5.27. The monoisotopic (exact) mass is 207 g/mol. The maximum absolute atomic E-state index is 10.3. The predicted octanol–water partition coefficient (Wildman–Crippen LogP) is 2.20. The van der Waals surface area contributed by atoms with Crippen LogP contribution in [-0.4, -0.2) is 18.2 Å². The van der Waals surface area contributed by atoms with Crippen LogP contribution in [0.15, 0.2) is 24.3 Å². The second-order valence-corrected chi connectivity index (χ2v) is 4.32. The van der Waals surface area contributed by atoms with Crippen molar-refractivity contribution in [2.75, 3.05) is 13.1 Å². The van der Waals surface area contributed by atoms with Crippen molar-refractivity contribution in [2.45, 2.75) is 32.8 Å². The number of benzene rings is 1. The third-order valence-corrected chi connectivity index (χ3v) is 2.54. The first-order chi connectivity index (χ1) is 7.06. The van der Waals surface area contributed by atoms with Crippen LogP contribution in [0.25, 0.3) is 0 Å². The average Bonchev–Trinajstić information content (AvgIpc) is 2.18. The third-order valence-electron chi connectivity index (χ3n) is 2.54. The Bertz CT molecular complexity index is 307. The van der Waals surface area contributed by atoms with Crippen LogP contribution in [0.2, 0.25) is 0 Å². The molecule has 1 aromatic carbocycles. The van der Waals surface area contributed by atoms with Crippen molar-refractivity contribution < 1.29 is 5.11 Å². The van der Waals surface area contributed by atoms with E-state index in [0.29, 0.717) is 6.54 Å². The SMILES string of the molecule is CCCNCC(C)(O)c1cccc(C)c1. The Morgan fingerprint density at radius 3 is 2.73 bits per heavy atom. The quantitative estimate of drug-likeness (QED) is 0.725. The van der Waals surface area contributed by atoms with E-state index in [1.165, 1.54) is 5.56 Å². The first-order valence-corrected chi connectivity index (χ1v) is 5.56. The van der Waals surface area contributed by atoms with E-state index < -0.39 is 5.60 Å². The number of nitrogens with one attached hydrogen (secondary N) is 1.